The number of halogens is 1. The lowest BCUT2D eigenvalue weighted by Gasteiger charge is -2.30. The SMILES string of the molecule is O=c1/c(=C\c2ccco2)sc2n1[C@H](c1ccc(Cl)cc1)C1=C(N=2)c2ccccc2CC1. The molecule has 0 N–H and O–H groups in total. The van der Waals surface area contributed by atoms with Crippen molar-refractivity contribution in [2.75, 3.05) is 0 Å². The third-order valence-corrected chi connectivity index (χ3v) is 7.11. The Morgan fingerprint density at radius 2 is 1.90 bits per heavy atom. The highest BCUT2D eigenvalue weighted by Gasteiger charge is 2.32. The van der Waals surface area contributed by atoms with E-state index < -0.39 is 0 Å². The van der Waals surface area contributed by atoms with E-state index in [1.54, 1.807) is 12.3 Å². The highest BCUT2D eigenvalue weighted by atomic mass is 35.5. The second kappa shape index (κ2) is 7.22. The number of hydrogen-bond acceptors (Lipinski definition) is 4. The lowest BCUT2D eigenvalue weighted by molar-refractivity contribution is 0.556. The predicted molar refractivity (Wildman–Crippen MR) is 123 cm³/mol. The fourth-order valence-electron chi connectivity index (χ4n) is 4.47. The fourth-order valence-corrected chi connectivity index (χ4v) is 5.58. The number of rotatable bonds is 2. The number of furan rings is 1. The lowest BCUT2D eigenvalue weighted by Crippen LogP contribution is -2.38. The quantitative estimate of drug-likeness (QED) is 0.455. The van der Waals surface area contributed by atoms with Crippen molar-refractivity contribution in [3.8, 4) is 0 Å². The summed E-state index contributed by atoms with van der Waals surface area (Å²) in [6.45, 7) is 0. The molecule has 2 aromatic heterocycles. The maximum absolute atomic E-state index is 13.5. The number of hydrogen-bond donors (Lipinski definition) is 0. The molecule has 3 heterocycles. The van der Waals surface area contributed by atoms with Gasteiger partial charge in [-0.25, -0.2) is 4.99 Å². The first-order valence-corrected chi connectivity index (χ1v) is 11.3. The van der Waals surface area contributed by atoms with Crippen LogP contribution in [0.2, 0.25) is 5.02 Å². The molecule has 0 amide bonds. The first kappa shape index (κ1) is 18.6. The number of nitrogens with zero attached hydrogens (tertiary/aromatic N) is 2. The van der Waals surface area contributed by atoms with Gasteiger partial charge in [0.05, 0.1) is 22.5 Å². The van der Waals surface area contributed by atoms with Crippen molar-refractivity contribution < 1.29 is 4.42 Å². The molecule has 0 saturated carbocycles. The lowest BCUT2D eigenvalue weighted by atomic mass is 9.83. The molecule has 2 aromatic carbocycles. The molecule has 0 radical (unpaired) electrons. The molecule has 0 unspecified atom stereocenters. The van der Waals surface area contributed by atoms with Crippen molar-refractivity contribution in [1.29, 1.82) is 0 Å². The van der Waals surface area contributed by atoms with Gasteiger partial charge in [-0.1, -0.05) is 59.3 Å². The Balaban J connectivity index is 1.65. The monoisotopic (exact) mass is 444 g/mol. The van der Waals surface area contributed by atoms with Crippen molar-refractivity contribution in [3.05, 3.63) is 120 Å². The second-order valence-electron chi connectivity index (χ2n) is 7.68. The standard InChI is InChI=1S/C25H17ClN2O2S/c26-17-10-7-16(8-11-17)23-20-12-9-15-4-1-2-6-19(15)22(20)27-25-28(23)24(29)21(31-25)14-18-5-3-13-30-18/h1-8,10-11,13-14,23H,9,12H2/b21-14+/t23-/m1/s1. The molecule has 6 rings (SSSR count). The van der Waals surface area contributed by atoms with E-state index in [1.165, 1.54) is 22.5 Å². The van der Waals surface area contributed by atoms with Gasteiger partial charge in [0, 0.05) is 16.7 Å². The minimum atomic E-state index is -0.198. The van der Waals surface area contributed by atoms with Crippen LogP contribution in [0.15, 0.2) is 86.7 Å². The van der Waals surface area contributed by atoms with Gasteiger partial charge < -0.3 is 4.42 Å². The van der Waals surface area contributed by atoms with Crippen molar-refractivity contribution in [3.63, 3.8) is 0 Å². The van der Waals surface area contributed by atoms with Crippen molar-refractivity contribution in [2.24, 2.45) is 4.99 Å². The zero-order valence-corrected chi connectivity index (χ0v) is 18.0. The molecule has 0 spiro atoms. The smallest absolute Gasteiger partial charge is 0.271 e. The Bertz CT molecular complexity index is 1510. The maximum atomic E-state index is 13.5. The van der Waals surface area contributed by atoms with E-state index in [9.17, 15) is 4.79 Å². The van der Waals surface area contributed by atoms with E-state index in [0.29, 0.717) is 20.1 Å². The van der Waals surface area contributed by atoms with Crippen LogP contribution >= 0.6 is 22.9 Å². The molecule has 4 nitrogen and oxygen atoms in total. The van der Waals surface area contributed by atoms with Crippen molar-refractivity contribution in [1.82, 2.24) is 4.57 Å². The molecule has 152 valence electrons. The van der Waals surface area contributed by atoms with Crippen LogP contribution in [0.4, 0.5) is 0 Å². The molecule has 1 aliphatic heterocycles. The van der Waals surface area contributed by atoms with Gasteiger partial charge in [-0.3, -0.25) is 9.36 Å². The van der Waals surface area contributed by atoms with Crippen LogP contribution in [0.3, 0.4) is 0 Å². The molecule has 0 saturated heterocycles. The van der Waals surface area contributed by atoms with Gasteiger partial charge in [0.25, 0.3) is 5.56 Å². The van der Waals surface area contributed by atoms with Crippen LogP contribution < -0.4 is 14.9 Å². The van der Waals surface area contributed by atoms with Gasteiger partial charge in [-0.2, -0.15) is 0 Å². The third kappa shape index (κ3) is 3.04. The molecule has 31 heavy (non-hydrogen) atoms. The minimum absolute atomic E-state index is 0.0505. The number of aromatic nitrogens is 1. The van der Waals surface area contributed by atoms with Crippen LogP contribution in [-0.2, 0) is 6.42 Å². The van der Waals surface area contributed by atoms with E-state index >= 15 is 0 Å². The first-order chi connectivity index (χ1) is 15.2. The van der Waals surface area contributed by atoms with E-state index in [1.807, 2.05) is 47.0 Å². The van der Waals surface area contributed by atoms with Crippen molar-refractivity contribution >= 4 is 34.7 Å². The zero-order chi connectivity index (χ0) is 20.9. The summed E-state index contributed by atoms with van der Waals surface area (Å²) in [6, 6.07) is 19.7. The molecule has 0 bridgehead atoms. The van der Waals surface area contributed by atoms with Crippen LogP contribution in [0.1, 0.15) is 34.9 Å². The summed E-state index contributed by atoms with van der Waals surface area (Å²) in [5, 5.41) is 0.678. The molecule has 0 fully saturated rings. The highest BCUT2D eigenvalue weighted by molar-refractivity contribution is 7.07. The summed E-state index contributed by atoms with van der Waals surface area (Å²) in [6.07, 6.45) is 5.20. The maximum Gasteiger partial charge on any atom is 0.271 e. The number of aryl methyl sites for hydroxylation is 1. The van der Waals surface area contributed by atoms with Gasteiger partial charge in [0.15, 0.2) is 4.80 Å². The predicted octanol–water partition coefficient (Wildman–Crippen LogP) is 4.57. The Kier molecular flexibility index (Phi) is 4.33. The van der Waals surface area contributed by atoms with Gasteiger partial charge in [-0.05, 0) is 53.8 Å². The summed E-state index contributed by atoms with van der Waals surface area (Å²) >= 11 is 7.56. The van der Waals surface area contributed by atoms with E-state index in [4.69, 9.17) is 21.0 Å². The van der Waals surface area contributed by atoms with Gasteiger partial charge in [0.1, 0.15) is 5.76 Å². The summed E-state index contributed by atoms with van der Waals surface area (Å²) < 4.78 is 7.88. The highest BCUT2D eigenvalue weighted by Crippen LogP contribution is 2.41. The van der Waals surface area contributed by atoms with Gasteiger partial charge in [-0.15, -0.1) is 0 Å². The van der Waals surface area contributed by atoms with Gasteiger partial charge in [0.2, 0.25) is 0 Å². The fraction of sp³-hybridized carbons (Fsp3) is 0.120. The van der Waals surface area contributed by atoms with E-state index in [2.05, 4.69) is 18.2 Å². The number of fused-ring (bicyclic) bond motifs is 3. The molecule has 1 aliphatic carbocycles. The Morgan fingerprint density at radius 1 is 1.06 bits per heavy atom. The van der Waals surface area contributed by atoms with Gasteiger partial charge >= 0.3 is 0 Å². The second-order valence-corrected chi connectivity index (χ2v) is 9.13. The van der Waals surface area contributed by atoms with Crippen molar-refractivity contribution in [2.45, 2.75) is 18.9 Å². The normalized spacial score (nSPS) is 17.7. The number of allylic oxidation sites excluding steroid dienone is 1. The zero-order valence-electron chi connectivity index (χ0n) is 16.4. The molecular weight excluding hydrogens is 428 g/mol. The molecular formula is C25H17ClN2O2S. The number of benzene rings is 2. The van der Waals surface area contributed by atoms with Crippen LogP contribution in [0.5, 0.6) is 0 Å². The Labute approximate surface area is 187 Å². The van der Waals surface area contributed by atoms with Crippen LogP contribution in [0.25, 0.3) is 11.8 Å². The average molecular weight is 445 g/mol. The average Bonchev–Trinajstić information content (AvgIpc) is 3.41. The largest absolute Gasteiger partial charge is 0.465 e. The molecule has 6 heteroatoms. The van der Waals surface area contributed by atoms with E-state index in [0.717, 1.165) is 29.7 Å². The topological polar surface area (TPSA) is 47.5 Å². The number of thiazole rings is 1. The minimum Gasteiger partial charge on any atom is -0.465 e. The molecule has 1 atom stereocenters. The molecule has 4 aromatic rings. The molecule has 2 aliphatic rings. The first-order valence-electron chi connectivity index (χ1n) is 10.1. The summed E-state index contributed by atoms with van der Waals surface area (Å²) in [7, 11) is 0. The summed E-state index contributed by atoms with van der Waals surface area (Å²) in [4.78, 5) is 19.2. The third-order valence-electron chi connectivity index (χ3n) is 5.88. The summed E-state index contributed by atoms with van der Waals surface area (Å²) in [5.41, 5.74) is 5.62. The Hall–Kier alpha value is -3.15. The van der Waals surface area contributed by atoms with Crippen LogP contribution in [-0.4, -0.2) is 4.57 Å². The van der Waals surface area contributed by atoms with E-state index in [-0.39, 0.29) is 11.6 Å². The van der Waals surface area contributed by atoms with Crippen LogP contribution in [0, 0.1) is 0 Å². The summed E-state index contributed by atoms with van der Waals surface area (Å²) in [5.74, 6) is 0.655. The Morgan fingerprint density at radius 3 is 2.71 bits per heavy atom.